The van der Waals surface area contributed by atoms with Crippen molar-refractivity contribution in [3.05, 3.63) is 84.1 Å². The number of ether oxygens (including phenoxy) is 2. The van der Waals surface area contributed by atoms with Crippen molar-refractivity contribution in [2.75, 3.05) is 44.8 Å². The largest absolute Gasteiger partial charge is 0.492 e. The van der Waals surface area contributed by atoms with Crippen molar-refractivity contribution in [3.63, 3.8) is 0 Å². The zero-order valence-corrected chi connectivity index (χ0v) is 24.7. The fourth-order valence-corrected chi connectivity index (χ4v) is 5.94. The number of hydrogen-bond donors (Lipinski definition) is 1. The molecule has 11 heteroatoms. The number of amides is 1. The number of nitrogens with one attached hydrogen (secondary N) is 1. The van der Waals surface area contributed by atoms with E-state index in [0.717, 1.165) is 23.7 Å². The lowest BCUT2D eigenvalue weighted by molar-refractivity contribution is -0.112. The molecular formula is C31H34N4O6S. The molecule has 0 spiro atoms. The van der Waals surface area contributed by atoms with Gasteiger partial charge in [0.2, 0.25) is 0 Å². The van der Waals surface area contributed by atoms with Gasteiger partial charge in [0.05, 0.1) is 23.8 Å². The Morgan fingerprint density at radius 2 is 1.62 bits per heavy atom. The molecule has 5 rings (SSSR count). The Labute approximate surface area is 245 Å². The second-order valence-electron chi connectivity index (χ2n) is 11.1. The molecule has 1 saturated heterocycles. The van der Waals surface area contributed by atoms with Crippen LogP contribution in [0.2, 0.25) is 0 Å². The SMILES string of the molecule is CC(C)(C)c1cc(NC(=O)C(=O)c2ccc(OCCN3CCOCC3)c3ccccc23)n(S(=O)(=O)c2ccccc2)n1. The molecule has 1 aliphatic heterocycles. The van der Waals surface area contributed by atoms with Crippen LogP contribution in [0.4, 0.5) is 5.82 Å². The number of carbonyl (C=O) groups is 2. The maximum absolute atomic E-state index is 13.5. The Morgan fingerprint density at radius 1 is 0.952 bits per heavy atom. The molecule has 0 atom stereocenters. The minimum Gasteiger partial charge on any atom is -0.492 e. The average molecular weight is 591 g/mol. The standard InChI is InChI=1S/C31H34N4O6S/c1-31(2,3)27-21-28(35(33-27)42(38,39)22-9-5-4-6-10-22)32-30(37)29(36)25-13-14-26(24-12-8-7-11-23(24)25)41-20-17-34-15-18-40-19-16-34/h4-14,21H,15-20H2,1-3H3,(H,32,37). The van der Waals surface area contributed by atoms with Crippen LogP contribution in [0.25, 0.3) is 10.8 Å². The molecule has 0 radical (unpaired) electrons. The van der Waals surface area contributed by atoms with E-state index < -0.39 is 27.1 Å². The zero-order valence-electron chi connectivity index (χ0n) is 23.9. The van der Waals surface area contributed by atoms with Gasteiger partial charge in [0.1, 0.15) is 18.2 Å². The second-order valence-corrected chi connectivity index (χ2v) is 12.8. The molecule has 0 saturated carbocycles. The molecule has 1 aromatic heterocycles. The van der Waals surface area contributed by atoms with E-state index in [2.05, 4.69) is 15.3 Å². The predicted octanol–water partition coefficient (Wildman–Crippen LogP) is 4.10. The third kappa shape index (κ3) is 6.23. The van der Waals surface area contributed by atoms with Crippen molar-refractivity contribution in [2.45, 2.75) is 31.1 Å². The van der Waals surface area contributed by atoms with E-state index in [9.17, 15) is 18.0 Å². The molecule has 10 nitrogen and oxygen atoms in total. The summed E-state index contributed by atoms with van der Waals surface area (Å²) < 4.78 is 39.2. The third-order valence-electron chi connectivity index (χ3n) is 7.06. The number of Topliss-reactive ketones (excluding diaryl/α,β-unsaturated/α-hetero) is 1. The van der Waals surface area contributed by atoms with E-state index >= 15 is 0 Å². The molecule has 0 aliphatic carbocycles. The molecule has 3 aromatic carbocycles. The fraction of sp³-hybridized carbons (Fsp3) is 0.323. The first-order valence-corrected chi connectivity index (χ1v) is 15.2. The van der Waals surface area contributed by atoms with Gasteiger partial charge in [-0.25, -0.2) is 0 Å². The Morgan fingerprint density at radius 3 is 2.31 bits per heavy atom. The molecule has 2 heterocycles. The van der Waals surface area contributed by atoms with Crippen LogP contribution in [0.1, 0.15) is 36.8 Å². The van der Waals surface area contributed by atoms with E-state index in [4.69, 9.17) is 9.47 Å². The molecule has 4 aromatic rings. The van der Waals surface area contributed by atoms with Crippen molar-refractivity contribution >= 4 is 38.3 Å². The van der Waals surface area contributed by atoms with E-state index in [1.54, 1.807) is 42.5 Å². The highest BCUT2D eigenvalue weighted by atomic mass is 32.2. The molecular weight excluding hydrogens is 556 g/mol. The van der Waals surface area contributed by atoms with E-state index in [-0.39, 0.29) is 16.3 Å². The normalized spacial score (nSPS) is 14.5. The Bertz CT molecular complexity index is 1700. The van der Waals surface area contributed by atoms with Crippen LogP contribution in [0.3, 0.4) is 0 Å². The van der Waals surface area contributed by atoms with E-state index in [1.807, 2.05) is 32.9 Å². The summed E-state index contributed by atoms with van der Waals surface area (Å²) in [5.41, 5.74) is 0.0971. The van der Waals surface area contributed by atoms with Crippen molar-refractivity contribution in [3.8, 4) is 5.75 Å². The first-order valence-electron chi connectivity index (χ1n) is 13.8. The van der Waals surface area contributed by atoms with E-state index in [1.165, 1.54) is 18.2 Å². The van der Waals surface area contributed by atoms with Crippen LogP contribution in [-0.4, -0.2) is 73.6 Å². The zero-order chi connectivity index (χ0) is 29.9. The quantitative estimate of drug-likeness (QED) is 0.229. The van der Waals surface area contributed by atoms with Crippen molar-refractivity contribution in [1.82, 2.24) is 14.1 Å². The second kappa shape index (κ2) is 12.0. The van der Waals surface area contributed by atoms with Gasteiger partial charge in [0.25, 0.3) is 21.7 Å². The highest BCUT2D eigenvalue weighted by molar-refractivity contribution is 7.90. The number of hydrogen-bond acceptors (Lipinski definition) is 8. The van der Waals surface area contributed by atoms with Gasteiger partial charge in [-0.3, -0.25) is 14.5 Å². The van der Waals surface area contributed by atoms with Gasteiger partial charge in [0, 0.05) is 42.1 Å². The molecule has 1 amide bonds. The lowest BCUT2D eigenvalue weighted by atomic mass is 9.92. The van der Waals surface area contributed by atoms with Gasteiger partial charge < -0.3 is 14.8 Å². The third-order valence-corrected chi connectivity index (χ3v) is 8.66. The van der Waals surface area contributed by atoms with Crippen LogP contribution in [0.15, 0.2) is 77.7 Å². The van der Waals surface area contributed by atoms with Gasteiger partial charge in [-0.05, 0) is 29.7 Å². The molecule has 220 valence electrons. The van der Waals surface area contributed by atoms with Gasteiger partial charge in [-0.2, -0.15) is 13.5 Å². The van der Waals surface area contributed by atoms with Crippen LogP contribution in [0.5, 0.6) is 5.75 Å². The maximum Gasteiger partial charge on any atom is 0.297 e. The number of benzene rings is 3. The number of carbonyl (C=O) groups excluding carboxylic acids is 2. The van der Waals surface area contributed by atoms with Crippen LogP contribution in [0, 0.1) is 0 Å². The number of ketones is 1. The number of nitrogens with zero attached hydrogens (tertiary/aromatic N) is 3. The van der Waals surface area contributed by atoms with Crippen LogP contribution in [-0.2, 0) is 25.0 Å². The molecule has 0 unspecified atom stereocenters. The first-order chi connectivity index (χ1) is 20.1. The topological polar surface area (TPSA) is 120 Å². The highest BCUT2D eigenvalue weighted by Crippen LogP contribution is 2.30. The number of anilines is 1. The van der Waals surface area contributed by atoms with Crippen molar-refractivity contribution < 1.29 is 27.5 Å². The lowest BCUT2D eigenvalue weighted by Gasteiger charge is -2.26. The lowest BCUT2D eigenvalue weighted by Crippen LogP contribution is -2.38. The average Bonchev–Trinajstić information content (AvgIpc) is 3.43. The molecule has 1 aliphatic rings. The smallest absolute Gasteiger partial charge is 0.297 e. The Hall–Kier alpha value is -4.06. The van der Waals surface area contributed by atoms with Gasteiger partial charge in [0.15, 0.2) is 0 Å². The minimum absolute atomic E-state index is 0.00517. The summed E-state index contributed by atoms with van der Waals surface area (Å²) in [6.45, 7) is 9.97. The van der Waals surface area contributed by atoms with Gasteiger partial charge in [-0.1, -0.05) is 63.2 Å². The highest BCUT2D eigenvalue weighted by Gasteiger charge is 2.29. The number of rotatable bonds is 9. The molecule has 42 heavy (non-hydrogen) atoms. The molecule has 0 bridgehead atoms. The summed E-state index contributed by atoms with van der Waals surface area (Å²) in [5.74, 6) is -1.30. The minimum atomic E-state index is -4.15. The molecule has 1 fully saturated rings. The number of morpholine rings is 1. The van der Waals surface area contributed by atoms with Crippen molar-refractivity contribution in [1.29, 1.82) is 0 Å². The summed E-state index contributed by atoms with van der Waals surface area (Å²) in [4.78, 5) is 29.1. The summed E-state index contributed by atoms with van der Waals surface area (Å²) >= 11 is 0. The number of aromatic nitrogens is 2. The molecule has 1 N–H and O–H groups in total. The monoisotopic (exact) mass is 590 g/mol. The fourth-order valence-electron chi connectivity index (χ4n) is 4.69. The summed E-state index contributed by atoms with van der Waals surface area (Å²) in [7, 11) is -4.15. The van der Waals surface area contributed by atoms with Crippen LogP contribution >= 0.6 is 0 Å². The van der Waals surface area contributed by atoms with Crippen molar-refractivity contribution in [2.24, 2.45) is 0 Å². The van der Waals surface area contributed by atoms with E-state index in [0.29, 0.717) is 42.0 Å². The Kier molecular flexibility index (Phi) is 8.44. The van der Waals surface area contributed by atoms with Gasteiger partial charge in [-0.15, -0.1) is 4.09 Å². The Balaban J connectivity index is 1.41. The number of fused-ring (bicyclic) bond motifs is 1. The predicted molar refractivity (Wildman–Crippen MR) is 160 cm³/mol. The first kappa shape index (κ1) is 29.4. The van der Waals surface area contributed by atoms with Gasteiger partial charge >= 0.3 is 0 Å². The maximum atomic E-state index is 13.5. The summed E-state index contributed by atoms with van der Waals surface area (Å²) in [5, 5.41) is 8.08. The summed E-state index contributed by atoms with van der Waals surface area (Å²) in [6.07, 6.45) is 0. The summed E-state index contributed by atoms with van der Waals surface area (Å²) in [6, 6.07) is 19.7. The van der Waals surface area contributed by atoms with Crippen LogP contribution < -0.4 is 10.1 Å².